The molecule has 2 N–H and O–H groups in total. The summed E-state index contributed by atoms with van der Waals surface area (Å²) in [5.74, 6) is 0. The average Bonchev–Trinajstić information content (AvgIpc) is 0.811. The second-order valence-electron chi connectivity index (χ2n) is 0.231. The van der Waals surface area contributed by atoms with Crippen LogP contribution in [0.1, 0.15) is 0 Å². The molecule has 0 aliphatic heterocycles. The van der Waals surface area contributed by atoms with Gasteiger partial charge >= 0.3 is 68.5 Å². The molecule has 0 atom stereocenters. The van der Waals surface area contributed by atoms with Crippen molar-refractivity contribution in [3.63, 3.8) is 0 Å². The van der Waals surface area contributed by atoms with Crippen LogP contribution in [0.4, 0.5) is 0 Å². The fourth-order valence-electron chi connectivity index (χ4n) is 0. The molecule has 6 heteroatoms. The summed E-state index contributed by atoms with van der Waals surface area (Å²) in [5, 5.41) is 0. The Balaban J connectivity index is -0.0000000450. The van der Waals surface area contributed by atoms with Crippen molar-refractivity contribution in [2.24, 2.45) is 0 Å². The number of hydrogen-bond acceptors (Lipinski definition) is 1. The molecule has 0 spiro atoms. The van der Waals surface area contributed by atoms with Crippen molar-refractivity contribution in [2.75, 3.05) is 0 Å². The third-order valence-corrected chi connectivity index (χ3v) is 0. The van der Waals surface area contributed by atoms with Gasteiger partial charge in [-0.1, -0.05) is 0 Å². The molecule has 0 rings (SSSR count). The topological polar surface area (TPSA) is 57.5 Å². The molecule has 0 saturated heterocycles. The minimum absolute atomic E-state index is 0. The molecule has 0 radical (unpaired) electrons. The van der Waals surface area contributed by atoms with Gasteiger partial charge in [0.05, 0.1) is 0 Å². The van der Waals surface area contributed by atoms with Crippen LogP contribution in [0, 0.1) is 0 Å². The Morgan fingerprint density at radius 1 is 1.33 bits per heavy atom. The minimum atomic E-state index is -2.61. The van der Waals surface area contributed by atoms with Gasteiger partial charge in [-0.15, -0.1) is 0 Å². The van der Waals surface area contributed by atoms with Crippen LogP contribution in [-0.4, -0.2) is 81.8 Å². The molecule has 0 saturated carbocycles. The summed E-state index contributed by atoms with van der Waals surface area (Å²) >= 11 is -2.61. The molecule has 36 valence electrons. The predicted molar refractivity (Wildman–Crippen MR) is 29.1 cm³/mol. The van der Waals surface area contributed by atoms with Crippen molar-refractivity contribution in [1.29, 1.82) is 0 Å². The van der Waals surface area contributed by atoms with Gasteiger partial charge in [-0.25, -0.2) is 0 Å². The summed E-state index contributed by atoms with van der Waals surface area (Å²) in [6.07, 6.45) is 0. The summed E-state index contributed by atoms with van der Waals surface area (Å²) in [6, 6.07) is 0. The van der Waals surface area contributed by atoms with E-state index < -0.39 is 11.4 Å². The van der Waals surface area contributed by atoms with Crippen LogP contribution in [0.2, 0.25) is 0 Å². The zero-order valence-electron chi connectivity index (χ0n) is 2.21. The molecule has 0 aliphatic rings. The first-order valence-electron chi connectivity index (χ1n) is 0.532. The first-order valence-corrected chi connectivity index (χ1v) is 1.60. The monoisotopic (exact) mass is 204 g/mol. The molecule has 0 unspecified atom stereocenters. The van der Waals surface area contributed by atoms with E-state index in [9.17, 15) is 0 Å². The van der Waals surface area contributed by atoms with E-state index in [0.29, 0.717) is 0 Å². The van der Waals surface area contributed by atoms with Crippen LogP contribution < -0.4 is 0 Å². The van der Waals surface area contributed by atoms with Gasteiger partial charge in [0.25, 0.3) is 11.4 Å². The van der Waals surface area contributed by atoms with Crippen LogP contribution in [0.25, 0.3) is 0 Å². The van der Waals surface area contributed by atoms with E-state index in [1.807, 2.05) is 0 Å². The quantitative estimate of drug-likeness (QED) is 0.358. The Morgan fingerprint density at radius 3 is 1.33 bits per heavy atom. The van der Waals surface area contributed by atoms with E-state index in [1.165, 1.54) is 0 Å². The second kappa shape index (κ2) is 10.3. The van der Waals surface area contributed by atoms with Gasteiger partial charge in [-0.2, -0.15) is 4.21 Å². The van der Waals surface area contributed by atoms with Gasteiger partial charge in [0.1, 0.15) is 0 Å². The third kappa shape index (κ3) is 34.3. The zero-order valence-corrected chi connectivity index (χ0v) is 5.13. The Hall–Kier alpha value is 2.23. The maximum atomic E-state index is 8.67. The molecule has 0 bridgehead atoms. The van der Waals surface area contributed by atoms with Crippen molar-refractivity contribution in [2.45, 2.75) is 0 Å². The van der Waals surface area contributed by atoms with Crippen LogP contribution in [0.5, 0.6) is 0 Å². The SMILES string of the molecule is O=S(O)O.[KH].[SeH2]. The van der Waals surface area contributed by atoms with E-state index in [2.05, 4.69) is 0 Å². The molecule has 3 nitrogen and oxygen atoms in total. The number of hydrogen-bond donors (Lipinski definition) is 2. The van der Waals surface area contributed by atoms with Gasteiger partial charge in [-0.05, 0) is 0 Å². The molecule has 0 aromatic carbocycles. The van der Waals surface area contributed by atoms with Crippen molar-refractivity contribution >= 4 is 79.8 Å². The van der Waals surface area contributed by atoms with E-state index in [1.54, 1.807) is 0 Å². The van der Waals surface area contributed by atoms with Crippen molar-refractivity contribution in [1.82, 2.24) is 0 Å². The summed E-state index contributed by atoms with van der Waals surface area (Å²) in [5.41, 5.74) is 0. The van der Waals surface area contributed by atoms with E-state index in [-0.39, 0.29) is 68.5 Å². The molecule has 6 heavy (non-hydrogen) atoms. The van der Waals surface area contributed by atoms with Crippen molar-refractivity contribution < 1.29 is 13.3 Å². The van der Waals surface area contributed by atoms with Crippen LogP contribution >= 0.6 is 0 Å². The molecular formula is H5KO3SSe. The molecule has 0 heterocycles. The fraction of sp³-hybridized carbons (Fsp3) is 0. The standard InChI is InChI=1S/K.H2O3S.H2Se.H/c;1-4(2)3;;/h;(H2,1,2,3);1H2;. The molecule has 0 fully saturated rings. The molecule has 0 aliphatic carbocycles. The molecule has 0 amide bonds. The van der Waals surface area contributed by atoms with Crippen LogP contribution in [0.3, 0.4) is 0 Å². The summed E-state index contributed by atoms with van der Waals surface area (Å²) in [7, 11) is 0. The van der Waals surface area contributed by atoms with E-state index >= 15 is 0 Å². The van der Waals surface area contributed by atoms with Gasteiger partial charge < -0.3 is 0 Å². The van der Waals surface area contributed by atoms with Crippen LogP contribution in [-0.2, 0) is 11.4 Å². The third-order valence-electron chi connectivity index (χ3n) is 0. The first-order chi connectivity index (χ1) is 1.73. The Bertz CT molecular complexity index is 33.8. The van der Waals surface area contributed by atoms with Gasteiger partial charge in [0.15, 0.2) is 0 Å². The number of rotatable bonds is 0. The normalized spacial score (nSPS) is 5.83. The van der Waals surface area contributed by atoms with Crippen LogP contribution in [0.15, 0.2) is 0 Å². The molecule has 0 aromatic heterocycles. The predicted octanol–water partition coefficient (Wildman–Crippen LogP) is -1.88. The Labute approximate surface area is 91.3 Å². The van der Waals surface area contributed by atoms with Gasteiger partial charge in [-0.3, -0.25) is 9.11 Å². The van der Waals surface area contributed by atoms with Crippen molar-refractivity contribution in [3.8, 4) is 0 Å². The Morgan fingerprint density at radius 2 is 1.33 bits per heavy atom. The second-order valence-corrected chi connectivity index (χ2v) is 0.692. The zero-order chi connectivity index (χ0) is 3.58. The van der Waals surface area contributed by atoms with E-state index in [4.69, 9.17) is 13.3 Å². The van der Waals surface area contributed by atoms with Gasteiger partial charge in [0.2, 0.25) is 0 Å². The Kier molecular flexibility index (Phi) is 26.9. The fourth-order valence-corrected chi connectivity index (χ4v) is 0. The first kappa shape index (κ1) is 15.7. The summed E-state index contributed by atoms with van der Waals surface area (Å²) < 4.78 is 22.8. The average molecular weight is 203 g/mol. The van der Waals surface area contributed by atoms with Crippen molar-refractivity contribution in [3.05, 3.63) is 0 Å². The van der Waals surface area contributed by atoms with Gasteiger partial charge in [0, 0.05) is 0 Å². The molecule has 0 aromatic rings. The van der Waals surface area contributed by atoms with E-state index in [0.717, 1.165) is 0 Å². The maximum absolute atomic E-state index is 8.67. The summed E-state index contributed by atoms with van der Waals surface area (Å²) in [4.78, 5) is 0. The molecular weight excluding hydrogens is 198 g/mol. The summed E-state index contributed by atoms with van der Waals surface area (Å²) in [6.45, 7) is 0.